The fourth-order valence-corrected chi connectivity index (χ4v) is 2.36. The third kappa shape index (κ3) is 3.62. The normalized spacial score (nSPS) is 9.88. The van der Waals surface area contributed by atoms with E-state index in [1.165, 1.54) is 12.1 Å². The lowest BCUT2D eigenvalue weighted by atomic mass is 9.98. The van der Waals surface area contributed by atoms with Gasteiger partial charge in [0, 0.05) is 11.1 Å². The lowest BCUT2D eigenvalue weighted by Crippen LogP contribution is -2.14. The highest BCUT2D eigenvalue weighted by molar-refractivity contribution is 6.14. The number of carbonyl (C=O) groups excluding carboxylic acids is 2. The van der Waals surface area contributed by atoms with Gasteiger partial charge in [-0.25, -0.2) is 4.79 Å². The van der Waals surface area contributed by atoms with E-state index < -0.39 is 5.97 Å². The van der Waals surface area contributed by atoms with Crippen LogP contribution in [0, 0.1) is 11.3 Å². The lowest BCUT2D eigenvalue weighted by Gasteiger charge is -2.09. The topological polar surface area (TPSA) is 67.2 Å². The summed E-state index contributed by atoms with van der Waals surface area (Å²) in [6.45, 7) is 0. The van der Waals surface area contributed by atoms with E-state index in [0.29, 0.717) is 16.9 Å². The van der Waals surface area contributed by atoms with Crippen molar-refractivity contribution in [2.24, 2.45) is 0 Å². The maximum atomic E-state index is 12.7. The minimum atomic E-state index is -0.621. The minimum absolute atomic E-state index is 0.195. The summed E-state index contributed by atoms with van der Waals surface area (Å²) in [7, 11) is 0. The molecule has 0 unspecified atom stereocenters. The molecule has 3 rings (SSSR count). The van der Waals surface area contributed by atoms with Crippen LogP contribution in [0.2, 0.25) is 0 Å². The summed E-state index contributed by atoms with van der Waals surface area (Å²) in [5.41, 5.74) is 1.45. The van der Waals surface area contributed by atoms with E-state index in [2.05, 4.69) is 0 Å². The van der Waals surface area contributed by atoms with Crippen molar-refractivity contribution in [3.8, 4) is 11.8 Å². The summed E-state index contributed by atoms with van der Waals surface area (Å²) in [5.74, 6) is -0.552. The van der Waals surface area contributed by atoms with Crippen LogP contribution in [0.5, 0.6) is 5.75 Å². The van der Waals surface area contributed by atoms with E-state index in [1.807, 2.05) is 12.1 Å². The van der Waals surface area contributed by atoms with Gasteiger partial charge in [-0.1, -0.05) is 48.5 Å². The fraction of sp³-hybridized carbons (Fsp3) is 0. The van der Waals surface area contributed by atoms with Crippen molar-refractivity contribution in [2.75, 3.05) is 0 Å². The monoisotopic (exact) mass is 327 g/mol. The number of hydrogen-bond acceptors (Lipinski definition) is 4. The molecule has 0 saturated carbocycles. The van der Waals surface area contributed by atoms with Crippen molar-refractivity contribution < 1.29 is 14.3 Å². The molecular formula is C21H13NO3. The summed E-state index contributed by atoms with van der Waals surface area (Å²) < 4.78 is 5.33. The van der Waals surface area contributed by atoms with Crippen molar-refractivity contribution in [3.63, 3.8) is 0 Å². The second-order valence-corrected chi connectivity index (χ2v) is 5.27. The molecule has 120 valence electrons. The van der Waals surface area contributed by atoms with Crippen LogP contribution in [0.15, 0.2) is 78.9 Å². The van der Waals surface area contributed by atoms with E-state index in [-0.39, 0.29) is 16.9 Å². The molecule has 0 amide bonds. The molecule has 4 nitrogen and oxygen atoms in total. The quantitative estimate of drug-likeness (QED) is 0.412. The highest BCUT2D eigenvalue weighted by Gasteiger charge is 2.19. The zero-order valence-electron chi connectivity index (χ0n) is 13.2. The van der Waals surface area contributed by atoms with Crippen LogP contribution in [0.3, 0.4) is 0 Å². The van der Waals surface area contributed by atoms with Crippen molar-refractivity contribution in [2.45, 2.75) is 0 Å². The first-order valence-corrected chi connectivity index (χ1v) is 7.60. The van der Waals surface area contributed by atoms with Crippen LogP contribution in [-0.4, -0.2) is 11.8 Å². The molecule has 4 heteroatoms. The Hall–Kier alpha value is -3.71. The molecule has 0 aromatic heterocycles. The lowest BCUT2D eigenvalue weighted by molar-refractivity contribution is 0.0730. The van der Waals surface area contributed by atoms with Gasteiger partial charge in [-0.05, 0) is 30.3 Å². The van der Waals surface area contributed by atoms with Gasteiger partial charge < -0.3 is 4.74 Å². The predicted molar refractivity (Wildman–Crippen MR) is 92.4 cm³/mol. The molecular weight excluding hydrogens is 314 g/mol. The number of ether oxygens (including phenoxy) is 1. The van der Waals surface area contributed by atoms with Crippen LogP contribution in [0.1, 0.15) is 31.8 Å². The Morgan fingerprint density at radius 3 is 2.00 bits per heavy atom. The Morgan fingerprint density at radius 1 is 0.760 bits per heavy atom. The maximum Gasteiger partial charge on any atom is 0.344 e. The van der Waals surface area contributed by atoms with Gasteiger partial charge in [-0.3, -0.25) is 4.79 Å². The van der Waals surface area contributed by atoms with Gasteiger partial charge in [-0.2, -0.15) is 5.26 Å². The molecule has 0 aliphatic carbocycles. The van der Waals surface area contributed by atoms with Crippen molar-refractivity contribution in [3.05, 3.63) is 101 Å². The van der Waals surface area contributed by atoms with Crippen molar-refractivity contribution in [1.29, 1.82) is 5.26 Å². The molecule has 0 fully saturated rings. The molecule has 0 spiro atoms. The van der Waals surface area contributed by atoms with Gasteiger partial charge in [0.25, 0.3) is 0 Å². The Morgan fingerprint density at radius 2 is 1.36 bits per heavy atom. The summed E-state index contributed by atoms with van der Waals surface area (Å²) in [6, 6.07) is 23.5. The van der Waals surface area contributed by atoms with Crippen molar-refractivity contribution >= 4 is 11.8 Å². The summed E-state index contributed by atoms with van der Waals surface area (Å²) in [5, 5.41) is 8.80. The molecule has 0 heterocycles. The maximum absolute atomic E-state index is 12.7. The Kier molecular flexibility index (Phi) is 4.68. The largest absolute Gasteiger partial charge is 0.423 e. The molecule has 0 aliphatic heterocycles. The molecule has 0 bridgehead atoms. The zero-order valence-corrected chi connectivity index (χ0v) is 13.2. The van der Waals surface area contributed by atoms with E-state index >= 15 is 0 Å². The van der Waals surface area contributed by atoms with Gasteiger partial charge in [-0.15, -0.1) is 0 Å². The van der Waals surface area contributed by atoms with Crippen LogP contribution >= 0.6 is 0 Å². The van der Waals surface area contributed by atoms with Gasteiger partial charge in [0.1, 0.15) is 5.75 Å². The number of carbonyl (C=O) groups is 2. The summed E-state index contributed by atoms with van der Waals surface area (Å²) in [4.78, 5) is 25.1. The number of rotatable bonds is 4. The number of nitrogens with zero attached hydrogens (tertiary/aromatic N) is 1. The van der Waals surface area contributed by atoms with Crippen LogP contribution in [0.4, 0.5) is 0 Å². The van der Waals surface area contributed by atoms with Crippen LogP contribution in [0.25, 0.3) is 0 Å². The van der Waals surface area contributed by atoms with E-state index in [0.717, 1.165) is 0 Å². The van der Waals surface area contributed by atoms with E-state index in [9.17, 15) is 9.59 Å². The highest BCUT2D eigenvalue weighted by atomic mass is 16.5. The first-order chi connectivity index (χ1) is 12.2. The summed E-state index contributed by atoms with van der Waals surface area (Å²) in [6.07, 6.45) is 0. The molecule has 3 aromatic carbocycles. The number of hydrogen-bond donors (Lipinski definition) is 0. The zero-order chi connectivity index (χ0) is 17.6. The predicted octanol–water partition coefficient (Wildman–Crippen LogP) is 4.01. The third-order valence-electron chi connectivity index (χ3n) is 3.62. The van der Waals surface area contributed by atoms with Gasteiger partial charge in [0.15, 0.2) is 5.78 Å². The van der Waals surface area contributed by atoms with Gasteiger partial charge >= 0.3 is 5.97 Å². The number of esters is 1. The molecule has 0 saturated heterocycles. The fourth-order valence-electron chi connectivity index (χ4n) is 2.36. The third-order valence-corrected chi connectivity index (χ3v) is 3.62. The Bertz CT molecular complexity index is 954. The van der Waals surface area contributed by atoms with Crippen LogP contribution < -0.4 is 4.74 Å². The number of nitriles is 1. The molecule has 3 aromatic rings. The van der Waals surface area contributed by atoms with E-state index in [1.54, 1.807) is 60.7 Å². The number of benzene rings is 3. The average Bonchev–Trinajstić information content (AvgIpc) is 2.68. The van der Waals surface area contributed by atoms with Gasteiger partial charge in [0.2, 0.25) is 0 Å². The smallest absolute Gasteiger partial charge is 0.344 e. The second-order valence-electron chi connectivity index (χ2n) is 5.27. The number of ketones is 1. The molecule has 0 radical (unpaired) electrons. The van der Waals surface area contributed by atoms with E-state index in [4.69, 9.17) is 10.00 Å². The SMILES string of the molecule is N#Cc1ccc(OC(=O)c2ccccc2C(=O)c2ccccc2)cc1. The second kappa shape index (κ2) is 7.24. The first-order valence-electron chi connectivity index (χ1n) is 7.60. The van der Waals surface area contributed by atoms with Gasteiger partial charge in [0.05, 0.1) is 17.2 Å². The van der Waals surface area contributed by atoms with Crippen LogP contribution in [-0.2, 0) is 0 Å². The molecule has 0 atom stereocenters. The molecule has 0 N–H and O–H groups in total. The van der Waals surface area contributed by atoms with Crippen molar-refractivity contribution in [1.82, 2.24) is 0 Å². The highest BCUT2D eigenvalue weighted by Crippen LogP contribution is 2.18. The molecule has 0 aliphatic rings. The Balaban J connectivity index is 1.88. The summed E-state index contributed by atoms with van der Waals surface area (Å²) >= 11 is 0. The standard InChI is InChI=1S/C21H13NO3/c22-14-15-10-12-17(13-11-15)25-21(24)19-9-5-4-8-18(19)20(23)16-6-2-1-3-7-16/h1-13H. The Labute approximate surface area is 144 Å². The average molecular weight is 327 g/mol. The molecule has 25 heavy (non-hydrogen) atoms. The first kappa shape index (κ1) is 16.2. The minimum Gasteiger partial charge on any atom is -0.423 e.